The summed E-state index contributed by atoms with van der Waals surface area (Å²) in [6.07, 6.45) is 0. The molecule has 0 N–H and O–H groups in total. The number of rotatable bonds is 6. The van der Waals surface area contributed by atoms with Crippen molar-refractivity contribution in [2.45, 2.75) is 5.41 Å². The predicted molar refractivity (Wildman–Crippen MR) is 315 cm³/mol. The Morgan fingerprint density at radius 1 is 0.253 bits per heavy atom. The van der Waals surface area contributed by atoms with Crippen molar-refractivity contribution >= 4 is 71.2 Å². The molecule has 1 spiro atoms. The summed E-state index contributed by atoms with van der Waals surface area (Å²) in [5.74, 6) is 0. The Labute approximate surface area is 435 Å². The van der Waals surface area contributed by atoms with Crippen LogP contribution in [-0.2, 0) is 5.41 Å². The number of fused-ring (bicyclic) bond motifs is 19. The molecular weight excluding hydrogens is 905 g/mol. The van der Waals surface area contributed by atoms with Crippen LogP contribution in [-0.4, -0.2) is 4.57 Å². The van der Waals surface area contributed by atoms with Gasteiger partial charge in [-0.1, -0.05) is 218 Å². The Morgan fingerprint density at radius 2 is 0.747 bits per heavy atom. The lowest BCUT2D eigenvalue weighted by Crippen LogP contribution is -2.26. The molecule has 14 aromatic rings. The van der Waals surface area contributed by atoms with Gasteiger partial charge in [0.2, 0.25) is 0 Å². The summed E-state index contributed by atoms with van der Waals surface area (Å²) in [5.41, 5.74) is 21.3. The van der Waals surface area contributed by atoms with Crippen LogP contribution in [0.3, 0.4) is 0 Å². The molecule has 0 atom stereocenters. The summed E-state index contributed by atoms with van der Waals surface area (Å²) >= 11 is 0. The summed E-state index contributed by atoms with van der Waals surface area (Å²) in [5, 5.41) is 9.94. The van der Waals surface area contributed by atoms with Gasteiger partial charge in [-0.05, 0) is 149 Å². The minimum atomic E-state index is -0.553. The molecule has 75 heavy (non-hydrogen) atoms. The maximum absolute atomic E-state index is 2.59. The van der Waals surface area contributed by atoms with E-state index in [0.29, 0.717) is 0 Å². The molecule has 2 aliphatic rings. The standard InChI is InChI=1S/C73H46N2/c1-3-21-47(22-4-1)51-25-14-19-37-69(51)75(50-40-41-56-54-28-8-7-26-52(54)53-27-9-10-29-55(53)62(56)44-50)72-46-68-63(59-32-13-18-36-67(59)73(68)65-34-16-11-30-57(65)58-31-12-17-35-66(58)73)45-61(72)48-39-42-71-64(43-48)60-33-15-20-38-70(60)74(71)49-23-5-2-6-24-49/h1-46H. The van der Waals surface area contributed by atoms with Crippen LogP contribution in [0.2, 0.25) is 0 Å². The van der Waals surface area contributed by atoms with E-state index in [1.165, 1.54) is 98.6 Å². The van der Waals surface area contributed by atoms with E-state index >= 15 is 0 Å². The molecule has 2 aliphatic carbocycles. The second kappa shape index (κ2) is 16.1. The van der Waals surface area contributed by atoms with Crippen molar-refractivity contribution in [3.63, 3.8) is 0 Å². The van der Waals surface area contributed by atoms with E-state index in [1.807, 2.05) is 0 Å². The molecule has 0 aliphatic heterocycles. The third kappa shape index (κ3) is 5.91. The smallest absolute Gasteiger partial charge is 0.0726 e. The van der Waals surface area contributed by atoms with Crippen molar-refractivity contribution in [2.24, 2.45) is 0 Å². The highest BCUT2D eigenvalue weighted by atomic mass is 15.1. The number of nitrogens with zero attached hydrogens (tertiary/aromatic N) is 2. The number of para-hydroxylation sites is 3. The molecule has 0 saturated heterocycles. The molecule has 16 rings (SSSR count). The lowest BCUT2D eigenvalue weighted by molar-refractivity contribution is 0.794. The molecule has 0 fully saturated rings. The van der Waals surface area contributed by atoms with E-state index in [4.69, 9.17) is 0 Å². The van der Waals surface area contributed by atoms with Gasteiger partial charge in [0, 0.05) is 33.3 Å². The van der Waals surface area contributed by atoms with Gasteiger partial charge >= 0.3 is 0 Å². The van der Waals surface area contributed by atoms with Crippen molar-refractivity contribution in [1.29, 1.82) is 0 Å². The van der Waals surface area contributed by atoms with Gasteiger partial charge in [0.05, 0.1) is 27.8 Å². The van der Waals surface area contributed by atoms with Gasteiger partial charge in [-0.2, -0.15) is 0 Å². The fraction of sp³-hybridized carbons (Fsp3) is 0.0137. The normalized spacial score (nSPS) is 12.9. The molecule has 348 valence electrons. The van der Waals surface area contributed by atoms with Crippen LogP contribution < -0.4 is 4.90 Å². The van der Waals surface area contributed by atoms with Crippen LogP contribution in [0, 0.1) is 0 Å². The number of hydrogen-bond donors (Lipinski definition) is 0. The predicted octanol–water partition coefficient (Wildman–Crippen LogP) is 19.4. The fourth-order valence-electron chi connectivity index (χ4n) is 13.5. The minimum absolute atomic E-state index is 0.553. The van der Waals surface area contributed by atoms with E-state index in [0.717, 1.165) is 45.0 Å². The van der Waals surface area contributed by atoms with Crippen LogP contribution >= 0.6 is 0 Å². The summed E-state index contributed by atoms with van der Waals surface area (Å²) in [7, 11) is 0. The summed E-state index contributed by atoms with van der Waals surface area (Å²) < 4.78 is 2.42. The van der Waals surface area contributed by atoms with E-state index in [1.54, 1.807) is 0 Å². The highest BCUT2D eigenvalue weighted by molar-refractivity contribution is 6.26. The van der Waals surface area contributed by atoms with Crippen LogP contribution in [0.15, 0.2) is 279 Å². The average Bonchev–Trinajstić information content (AvgIpc) is 4.10. The van der Waals surface area contributed by atoms with Crippen molar-refractivity contribution in [1.82, 2.24) is 4.57 Å². The second-order valence-corrected chi connectivity index (χ2v) is 20.3. The summed E-state index contributed by atoms with van der Waals surface area (Å²) in [6.45, 7) is 0. The first-order valence-corrected chi connectivity index (χ1v) is 26.1. The molecule has 0 unspecified atom stereocenters. The Bertz CT molecular complexity index is 4580. The maximum atomic E-state index is 2.59. The summed E-state index contributed by atoms with van der Waals surface area (Å²) in [6, 6.07) is 104. The highest BCUT2D eigenvalue weighted by Crippen LogP contribution is 2.64. The van der Waals surface area contributed by atoms with Gasteiger partial charge in [-0.25, -0.2) is 0 Å². The summed E-state index contributed by atoms with van der Waals surface area (Å²) in [4.78, 5) is 2.59. The van der Waals surface area contributed by atoms with Gasteiger partial charge in [0.1, 0.15) is 0 Å². The zero-order valence-electron chi connectivity index (χ0n) is 41.0. The average molecular weight is 951 g/mol. The van der Waals surface area contributed by atoms with Crippen LogP contribution in [0.1, 0.15) is 22.3 Å². The minimum Gasteiger partial charge on any atom is -0.309 e. The lowest BCUT2D eigenvalue weighted by atomic mass is 9.70. The molecule has 0 saturated carbocycles. The molecule has 2 nitrogen and oxygen atoms in total. The zero-order valence-corrected chi connectivity index (χ0v) is 41.0. The number of anilines is 3. The Balaban J connectivity index is 1.06. The fourth-order valence-corrected chi connectivity index (χ4v) is 13.5. The Morgan fingerprint density at radius 3 is 1.40 bits per heavy atom. The second-order valence-electron chi connectivity index (χ2n) is 20.3. The Kier molecular flexibility index (Phi) is 8.99. The third-order valence-electron chi connectivity index (χ3n) is 16.6. The largest absolute Gasteiger partial charge is 0.309 e. The number of benzene rings is 13. The number of hydrogen-bond acceptors (Lipinski definition) is 1. The first-order valence-electron chi connectivity index (χ1n) is 26.1. The molecule has 0 radical (unpaired) electrons. The molecule has 1 heterocycles. The van der Waals surface area contributed by atoms with Crippen molar-refractivity contribution in [3.05, 3.63) is 301 Å². The van der Waals surface area contributed by atoms with E-state index in [-0.39, 0.29) is 0 Å². The van der Waals surface area contributed by atoms with E-state index < -0.39 is 5.41 Å². The molecule has 2 heteroatoms. The molecule has 13 aromatic carbocycles. The van der Waals surface area contributed by atoms with Gasteiger partial charge in [-0.3, -0.25) is 0 Å². The quantitative estimate of drug-likeness (QED) is 0.151. The molecule has 1 aromatic heterocycles. The van der Waals surface area contributed by atoms with Crippen LogP contribution in [0.5, 0.6) is 0 Å². The van der Waals surface area contributed by atoms with Gasteiger partial charge < -0.3 is 9.47 Å². The van der Waals surface area contributed by atoms with Crippen molar-refractivity contribution in [2.75, 3.05) is 4.90 Å². The van der Waals surface area contributed by atoms with Crippen molar-refractivity contribution in [3.8, 4) is 50.2 Å². The first kappa shape index (κ1) is 41.8. The van der Waals surface area contributed by atoms with Gasteiger partial charge in [0.25, 0.3) is 0 Å². The zero-order chi connectivity index (χ0) is 49.2. The topological polar surface area (TPSA) is 8.17 Å². The lowest BCUT2D eigenvalue weighted by Gasteiger charge is -2.34. The SMILES string of the molecule is c1ccc(-c2ccccc2N(c2ccc3c4ccccc4c4ccccc4c3c2)c2cc3c(cc2-c2ccc4c(c2)c2ccccc2n4-c2ccccc2)-c2ccccc2C32c3ccccc3-c3ccccc32)cc1. The van der Waals surface area contributed by atoms with Crippen molar-refractivity contribution < 1.29 is 0 Å². The van der Waals surface area contributed by atoms with E-state index in [9.17, 15) is 0 Å². The first-order chi connectivity index (χ1) is 37.2. The molecule has 0 amide bonds. The van der Waals surface area contributed by atoms with Crippen LogP contribution in [0.25, 0.3) is 104 Å². The third-order valence-corrected chi connectivity index (χ3v) is 16.6. The monoisotopic (exact) mass is 950 g/mol. The Hall–Kier alpha value is -9.76. The van der Waals surface area contributed by atoms with Crippen LogP contribution in [0.4, 0.5) is 17.1 Å². The highest BCUT2D eigenvalue weighted by Gasteiger charge is 2.52. The number of aromatic nitrogens is 1. The van der Waals surface area contributed by atoms with E-state index in [2.05, 4.69) is 289 Å². The maximum Gasteiger partial charge on any atom is 0.0726 e. The van der Waals surface area contributed by atoms with Gasteiger partial charge in [0.15, 0.2) is 0 Å². The molecule has 0 bridgehead atoms. The molecular formula is C73H46N2. The van der Waals surface area contributed by atoms with Gasteiger partial charge in [-0.15, -0.1) is 0 Å².